The molecule has 1 heterocycles. The second-order valence-electron chi connectivity index (χ2n) is 3.90. The first-order valence-electron chi connectivity index (χ1n) is 5.15. The maximum atomic E-state index is 13.5. The molecule has 2 rings (SSSR count). The monoisotopic (exact) mass is 210 g/mol. The van der Waals surface area contributed by atoms with Gasteiger partial charge in [0, 0.05) is 13.1 Å². The van der Waals surface area contributed by atoms with Gasteiger partial charge in [0.25, 0.3) is 0 Å². The highest BCUT2D eigenvalue weighted by Gasteiger charge is 2.20. The number of nitrogen functional groups attached to an aromatic ring is 1. The van der Waals surface area contributed by atoms with Crippen LogP contribution in [0.5, 0.6) is 0 Å². The van der Waals surface area contributed by atoms with Crippen molar-refractivity contribution in [3.05, 3.63) is 24.0 Å². The second-order valence-corrected chi connectivity index (χ2v) is 3.90. The molecular weight excluding hydrogens is 195 g/mol. The lowest BCUT2D eigenvalue weighted by atomic mass is 10.1. The van der Waals surface area contributed by atoms with E-state index < -0.39 is 0 Å². The van der Waals surface area contributed by atoms with Gasteiger partial charge in [0.2, 0.25) is 0 Å². The number of para-hydroxylation sites is 1. The van der Waals surface area contributed by atoms with E-state index in [0.717, 1.165) is 0 Å². The van der Waals surface area contributed by atoms with Gasteiger partial charge in [0.05, 0.1) is 17.5 Å². The largest absolute Gasteiger partial charge is 0.397 e. The van der Waals surface area contributed by atoms with Crippen molar-refractivity contribution in [3.63, 3.8) is 0 Å². The van der Waals surface area contributed by atoms with Crippen molar-refractivity contribution in [1.82, 2.24) is 0 Å². The molecular formula is C11H15FN2O. The van der Waals surface area contributed by atoms with E-state index in [1.165, 1.54) is 6.07 Å². The number of nitrogens with zero attached hydrogens (tertiary/aromatic N) is 1. The van der Waals surface area contributed by atoms with Crippen LogP contribution in [0.15, 0.2) is 18.2 Å². The van der Waals surface area contributed by atoms with Crippen LogP contribution in [0.1, 0.15) is 12.8 Å². The average Bonchev–Trinajstić information content (AvgIpc) is 2.20. The third-order valence-corrected chi connectivity index (χ3v) is 2.80. The minimum atomic E-state index is -0.286. The van der Waals surface area contributed by atoms with Crippen molar-refractivity contribution in [2.45, 2.75) is 18.9 Å². The lowest BCUT2D eigenvalue weighted by molar-refractivity contribution is 0.145. The van der Waals surface area contributed by atoms with E-state index >= 15 is 0 Å². The van der Waals surface area contributed by atoms with Gasteiger partial charge in [-0.2, -0.15) is 0 Å². The summed E-state index contributed by atoms with van der Waals surface area (Å²) in [5.41, 5.74) is 6.68. The highest BCUT2D eigenvalue weighted by atomic mass is 19.1. The van der Waals surface area contributed by atoms with Crippen LogP contribution >= 0.6 is 0 Å². The molecule has 1 aliphatic heterocycles. The number of aliphatic hydroxyl groups excluding tert-OH is 1. The minimum absolute atomic E-state index is 0.255. The molecule has 15 heavy (non-hydrogen) atoms. The molecule has 0 bridgehead atoms. The third-order valence-electron chi connectivity index (χ3n) is 2.80. The Bertz CT molecular complexity index is 328. The van der Waals surface area contributed by atoms with Gasteiger partial charge in [-0.15, -0.1) is 0 Å². The van der Waals surface area contributed by atoms with Crippen LogP contribution in [-0.4, -0.2) is 24.3 Å². The average molecular weight is 210 g/mol. The molecule has 0 atom stereocenters. The Morgan fingerprint density at radius 2 is 2.00 bits per heavy atom. The van der Waals surface area contributed by atoms with Gasteiger partial charge in [-0.3, -0.25) is 0 Å². The van der Waals surface area contributed by atoms with E-state index in [2.05, 4.69) is 0 Å². The Balaban J connectivity index is 2.22. The minimum Gasteiger partial charge on any atom is -0.397 e. The quantitative estimate of drug-likeness (QED) is 0.688. The molecule has 0 aliphatic carbocycles. The van der Waals surface area contributed by atoms with Crippen molar-refractivity contribution >= 4 is 11.4 Å². The number of piperidine rings is 1. The first-order valence-corrected chi connectivity index (χ1v) is 5.15. The first kappa shape index (κ1) is 10.2. The van der Waals surface area contributed by atoms with Gasteiger partial charge >= 0.3 is 0 Å². The molecule has 0 radical (unpaired) electrons. The SMILES string of the molecule is Nc1cccc(F)c1N1CCC(O)CC1. The lowest BCUT2D eigenvalue weighted by Gasteiger charge is -2.32. The summed E-state index contributed by atoms with van der Waals surface area (Å²) >= 11 is 0. The second kappa shape index (κ2) is 4.06. The van der Waals surface area contributed by atoms with Crippen LogP contribution in [0.2, 0.25) is 0 Å². The Morgan fingerprint density at radius 3 is 2.60 bits per heavy atom. The van der Waals surface area contributed by atoms with Crippen LogP contribution in [0, 0.1) is 5.82 Å². The van der Waals surface area contributed by atoms with Crippen molar-refractivity contribution in [2.24, 2.45) is 0 Å². The molecule has 0 amide bonds. The molecule has 1 saturated heterocycles. The molecule has 0 spiro atoms. The molecule has 0 saturated carbocycles. The number of rotatable bonds is 1. The molecule has 0 aromatic heterocycles. The number of hydrogen-bond donors (Lipinski definition) is 2. The summed E-state index contributed by atoms with van der Waals surface area (Å²) < 4.78 is 13.5. The van der Waals surface area contributed by atoms with E-state index in [0.29, 0.717) is 37.3 Å². The zero-order valence-corrected chi connectivity index (χ0v) is 8.49. The molecule has 4 heteroatoms. The van der Waals surface area contributed by atoms with Gasteiger partial charge in [0.15, 0.2) is 0 Å². The molecule has 82 valence electrons. The first-order chi connectivity index (χ1) is 7.18. The van der Waals surface area contributed by atoms with Gasteiger partial charge in [-0.1, -0.05) is 6.07 Å². The predicted octanol–water partition coefficient (Wildman–Crippen LogP) is 1.37. The summed E-state index contributed by atoms with van der Waals surface area (Å²) in [6.07, 6.45) is 1.09. The van der Waals surface area contributed by atoms with Crippen molar-refractivity contribution < 1.29 is 9.50 Å². The third kappa shape index (κ3) is 2.04. The predicted molar refractivity (Wildman–Crippen MR) is 58.3 cm³/mol. The number of anilines is 2. The fraction of sp³-hybridized carbons (Fsp3) is 0.455. The summed E-state index contributed by atoms with van der Waals surface area (Å²) in [6, 6.07) is 4.72. The van der Waals surface area contributed by atoms with Crippen LogP contribution in [-0.2, 0) is 0 Å². The summed E-state index contributed by atoms with van der Waals surface area (Å²) in [6.45, 7) is 1.32. The molecule has 0 unspecified atom stereocenters. The van der Waals surface area contributed by atoms with E-state index in [1.54, 1.807) is 12.1 Å². The Labute approximate surface area is 88.3 Å². The smallest absolute Gasteiger partial charge is 0.148 e. The summed E-state index contributed by atoms with van der Waals surface area (Å²) in [4.78, 5) is 1.90. The van der Waals surface area contributed by atoms with Crippen molar-refractivity contribution in [1.29, 1.82) is 0 Å². The van der Waals surface area contributed by atoms with Crippen molar-refractivity contribution in [3.8, 4) is 0 Å². The van der Waals surface area contributed by atoms with Gasteiger partial charge in [0.1, 0.15) is 5.82 Å². The van der Waals surface area contributed by atoms with Crippen LogP contribution in [0.3, 0.4) is 0 Å². The summed E-state index contributed by atoms with van der Waals surface area (Å²) in [5, 5.41) is 9.36. The fourth-order valence-electron chi connectivity index (χ4n) is 1.96. The number of benzene rings is 1. The van der Waals surface area contributed by atoms with E-state index in [9.17, 15) is 9.50 Å². The van der Waals surface area contributed by atoms with Crippen LogP contribution in [0.25, 0.3) is 0 Å². The highest BCUT2D eigenvalue weighted by Crippen LogP contribution is 2.28. The number of nitrogens with two attached hydrogens (primary N) is 1. The Hall–Kier alpha value is -1.29. The zero-order valence-electron chi connectivity index (χ0n) is 8.49. The van der Waals surface area contributed by atoms with E-state index in [-0.39, 0.29) is 11.9 Å². The maximum absolute atomic E-state index is 13.5. The standard InChI is InChI=1S/C11H15FN2O/c12-9-2-1-3-10(13)11(9)14-6-4-8(15)5-7-14/h1-3,8,15H,4-7,13H2. The Morgan fingerprint density at radius 1 is 1.33 bits per heavy atom. The van der Waals surface area contributed by atoms with E-state index in [4.69, 9.17) is 5.73 Å². The summed E-state index contributed by atoms with van der Waals surface area (Å²) in [5.74, 6) is -0.286. The number of halogens is 1. The molecule has 3 N–H and O–H groups in total. The van der Waals surface area contributed by atoms with Crippen LogP contribution in [0.4, 0.5) is 15.8 Å². The molecule has 1 aromatic rings. The maximum Gasteiger partial charge on any atom is 0.148 e. The number of hydrogen-bond acceptors (Lipinski definition) is 3. The zero-order chi connectivity index (χ0) is 10.8. The topological polar surface area (TPSA) is 49.5 Å². The fourth-order valence-corrected chi connectivity index (χ4v) is 1.96. The number of aliphatic hydroxyl groups is 1. The molecule has 3 nitrogen and oxygen atoms in total. The molecule has 1 fully saturated rings. The van der Waals surface area contributed by atoms with E-state index in [1.807, 2.05) is 4.90 Å². The summed E-state index contributed by atoms with van der Waals surface area (Å²) in [7, 11) is 0. The normalized spacial score (nSPS) is 18.1. The lowest BCUT2D eigenvalue weighted by Crippen LogP contribution is -2.36. The van der Waals surface area contributed by atoms with Crippen LogP contribution < -0.4 is 10.6 Å². The van der Waals surface area contributed by atoms with Gasteiger partial charge < -0.3 is 15.7 Å². The van der Waals surface area contributed by atoms with Gasteiger partial charge in [-0.25, -0.2) is 4.39 Å². The Kier molecular flexibility index (Phi) is 2.77. The van der Waals surface area contributed by atoms with Gasteiger partial charge in [-0.05, 0) is 25.0 Å². The molecule has 1 aromatic carbocycles. The highest BCUT2D eigenvalue weighted by molar-refractivity contribution is 5.68. The molecule has 1 aliphatic rings. The van der Waals surface area contributed by atoms with Crippen molar-refractivity contribution in [2.75, 3.05) is 23.7 Å².